The summed E-state index contributed by atoms with van der Waals surface area (Å²) in [5.41, 5.74) is 0.596. The molecule has 1 aliphatic heterocycles. The maximum atomic E-state index is 12.5. The number of aromatic nitrogens is 1. The largest absolute Gasteiger partial charge is 0.384 e. The van der Waals surface area contributed by atoms with E-state index in [1.807, 2.05) is 6.92 Å². The Hall–Kier alpha value is -1.18. The van der Waals surface area contributed by atoms with Crippen molar-refractivity contribution in [1.82, 2.24) is 14.6 Å². The first-order valence-electron chi connectivity index (χ1n) is 7.50. The Bertz CT molecular complexity index is 562. The minimum Gasteiger partial charge on any atom is -0.384 e. The lowest BCUT2D eigenvalue weighted by Crippen LogP contribution is -2.40. The topological polar surface area (TPSA) is 74.3 Å². The van der Waals surface area contributed by atoms with Crippen LogP contribution in [-0.2, 0) is 10.0 Å². The predicted octanol–water partition coefficient (Wildman–Crippen LogP) is 1.28. The Morgan fingerprint density at radius 2 is 2.24 bits per heavy atom. The lowest BCUT2D eigenvalue weighted by molar-refractivity contribution is 0.268. The number of anilines is 1. The van der Waals surface area contributed by atoms with Crippen LogP contribution in [0.15, 0.2) is 23.4 Å². The number of sulfonamides is 1. The van der Waals surface area contributed by atoms with Crippen molar-refractivity contribution < 1.29 is 8.42 Å². The van der Waals surface area contributed by atoms with Gasteiger partial charge in [-0.1, -0.05) is 6.92 Å². The second kappa shape index (κ2) is 7.20. The van der Waals surface area contributed by atoms with Gasteiger partial charge in [0.1, 0.15) is 4.90 Å². The maximum Gasteiger partial charge on any atom is 0.244 e. The summed E-state index contributed by atoms with van der Waals surface area (Å²) in [4.78, 5) is 6.47. The van der Waals surface area contributed by atoms with Gasteiger partial charge in [0.25, 0.3) is 0 Å². The van der Waals surface area contributed by atoms with Gasteiger partial charge in [0.05, 0.1) is 5.69 Å². The zero-order chi connectivity index (χ0) is 15.3. The van der Waals surface area contributed by atoms with Gasteiger partial charge >= 0.3 is 0 Å². The Labute approximate surface area is 127 Å². The van der Waals surface area contributed by atoms with Gasteiger partial charge in [-0.3, -0.25) is 9.88 Å². The first kappa shape index (κ1) is 16.2. The average Bonchev–Trinajstić information content (AvgIpc) is 2.93. The van der Waals surface area contributed by atoms with Crippen LogP contribution in [0, 0.1) is 0 Å². The summed E-state index contributed by atoms with van der Waals surface area (Å²) in [5.74, 6) is 0. The molecule has 21 heavy (non-hydrogen) atoms. The van der Waals surface area contributed by atoms with E-state index in [9.17, 15) is 8.42 Å². The Morgan fingerprint density at radius 3 is 2.95 bits per heavy atom. The minimum atomic E-state index is -3.53. The van der Waals surface area contributed by atoms with Gasteiger partial charge in [0.2, 0.25) is 10.0 Å². The molecule has 7 heteroatoms. The minimum absolute atomic E-state index is 0.216. The smallest absolute Gasteiger partial charge is 0.244 e. The number of nitrogens with zero attached hydrogens (tertiary/aromatic N) is 2. The summed E-state index contributed by atoms with van der Waals surface area (Å²) in [6, 6.07) is 1.98. The van der Waals surface area contributed by atoms with E-state index < -0.39 is 10.0 Å². The lowest BCUT2D eigenvalue weighted by Gasteiger charge is -2.23. The molecule has 0 aliphatic carbocycles. The molecule has 1 unspecified atom stereocenters. The van der Waals surface area contributed by atoms with Crippen molar-refractivity contribution in [2.24, 2.45) is 0 Å². The van der Waals surface area contributed by atoms with Gasteiger partial charge in [0.15, 0.2) is 0 Å². The molecule has 1 aromatic rings. The van der Waals surface area contributed by atoms with Crippen LogP contribution in [0.25, 0.3) is 0 Å². The Morgan fingerprint density at radius 1 is 1.43 bits per heavy atom. The first-order valence-corrected chi connectivity index (χ1v) is 8.98. The van der Waals surface area contributed by atoms with Crippen LogP contribution in [0.1, 0.15) is 26.7 Å². The Balaban J connectivity index is 2.08. The standard InChI is InChI=1S/C14H24N4O2S/c1-3-16-13-7-8-15-11-14(13)21(19,20)17-10-12-6-5-9-18(12)4-2/h7-8,11-12,17H,3-6,9-10H2,1-2H3,(H,15,16). The molecule has 0 bridgehead atoms. The molecule has 1 aromatic heterocycles. The van der Waals surface area contributed by atoms with E-state index in [-0.39, 0.29) is 4.90 Å². The quantitative estimate of drug-likeness (QED) is 0.793. The van der Waals surface area contributed by atoms with Crippen molar-refractivity contribution in [3.05, 3.63) is 18.5 Å². The van der Waals surface area contributed by atoms with Crippen molar-refractivity contribution in [1.29, 1.82) is 0 Å². The van der Waals surface area contributed by atoms with Gasteiger partial charge < -0.3 is 5.32 Å². The van der Waals surface area contributed by atoms with Crippen LogP contribution < -0.4 is 10.0 Å². The van der Waals surface area contributed by atoms with Crippen LogP contribution in [0.2, 0.25) is 0 Å². The van der Waals surface area contributed by atoms with Crippen molar-refractivity contribution >= 4 is 15.7 Å². The fraction of sp³-hybridized carbons (Fsp3) is 0.643. The summed E-state index contributed by atoms with van der Waals surface area (Å²) < 4.78 is 27.7. The molecule has 1 aliphatic rings. The Kier molecular flexibility index (Phi) is 5.55. The zero-order valence-electron chi connectivity index (χ0n) is 12.7. The monoisotopic (exact) mass is 312 g/mol. The average molecular weight is 312 g/mol. The molecule has 2 heterocycles. The third kappa shape index (κ3) is 3.93. The number of nitrogens with one attached hydrogen (secondary N) is 2. The molecule has 0 aromatic carbocycles. The number of hydrogen-bond acceptors (Lipinski definition) is 5. The number of rotatable bonds is 7. The van der Waals surface area contributed by atoms with E-state index in [2.05, 4.69) is 26.8 Å². The molecule has 6 nitrogen and oxygen atoms in total. The van der Waals surface area contributed by atoms with E-state index in [0.717, 1.165) is 25.9 Å². The number of likely N-dealkylation sites (tertiary alicyclic amines) is 1. The lowest BCUT2D eigenvalue weighted by atomic mass is 10.2. The molecule has 0 spiro atoms. The highest BCUT2D eigenvalue weighted by molar-refractivity contribution is 7.89. The van der Waals surface area contributed by atoms with Crippen molar-refractivity contribution in [2.45, 2.75) is 37.6 Å². The molecule has 0 radical (unpaired) electrons. The molecule has 1 saturated heterocycles. The van der Waals surface area contributed by atoms with E-state index in [1.54, 1.807) is 12.3 Å². The van der Waals surface area contributed by atoms with Crippen LogP contribution >= 0.6 is 0 Å². The van der Waals surface area contributed by atoms with Gasteiger partial charge in [-0.25, -0.2) is 13.1 Å². The SMILES string of the molecule is CCNc1ccncc1S(=O)(=O)NCC1CCCN1CC. The maximum absolute atomic E-state index is 12.5. The van der Waals surface area contributed by atoms with Gasteiger partial charge in [0, 0.05) is 31.5 Å². The highest BCUT2D eigenvalue weighted by Gasteiger charge is 2.26. The first-order chi connectivity index (χ1) is 10.1. The zero-order valence-corrected chi connectivity index (χ0v) is 13.5. The van der Waals surface area contributed by atoms with E-state index >= 15 is 0 Å². The predicted molar refractivity (Wildman–Crippen MR) is 83.9 cm³/mol. The summed E-state index contributed by atoms with van der Waals surface area (Å²) in [7, 11) is -3.53. The highest BCUT2D eigenvalue weighted by Crippen LogP contribution is 2.20. The molecule has 118 valence electrons. The number of hydrogen-bond donors (Lipinski definition) is 2. The van der Waals surface area contributed by atoms with Crippen LogP contribution in [0.4, 0.5) is 5.69 Å². The third-order valence-corrected chi connectivity index (χ3v) is 5.31. The van der Waals surface area contributed by atoms with Crippen LogP contribution in [0.5, 0.6) is 0 Å². The highest BCUT2D eigenvalue weighted by atomic mass is 32.2. The van der Waals surface area contributed by atoms with Gasteiger partial charge in [-0.15, -0.1) is 0 Å². The number of pyridine rings is 1. The van der Waals surface area contributed by atoms with Crippen LogP contribution in [-0.4, -0.2) is 50.5 Å². The van der Waals surface area contributed by atoms with E-state index in [0.29, 0.717) is 24.8 Å². The van der Waals surface area contributed by atoms with E-state index in [4.69, 9.17) is 0 Å². The van der Waals surface area contributed by atoms with Crippen molar-refractivity contribution in [3.63, 3.8) is 0 Å². The molecular weight excluding hydrogens is 288 g/mol. The van der Waals surface area contributed by atoms with E-state index in [1.165, 1.54) is 6.20 Å². The summed E-state index contributed by atoms with van der Waals surface area (Å²) in [5, 5.41) is 3.06. The van der Waals surface area contributed by atoms with Crippen molar-refractivity contribution in [3.8, 4) is 0 Å². The second-order valence-corrected chi connectivity index (χ2v) is 6.91. The van der Waals surface area contributed by atoms with Crippen molar-refractivity contribution in [2.75, 3.05) is 31.5 Å². The van der Waals surface area contributed by atoms with Crippen LogP contribution in [0.3, 0.4) is 0 Å². The number of likely N-dealkylation sites (N-methyl/N-ethyl adjacent to an activating group) is 1. The molecule has 0 amide bonds. The second-order valence-electron chi connectivity index (χ2n) is 5.18. The molecular formula is C14H24N4O2S. The fourth-order valence-electron chi connectivity index (χ4n) is 2.76. The summed E-state index contributed by atoms with van der Waals surface area (Å²) >= 11 is 0. The molecule has 1 atom stereocenters. The third-order valence-electron chi connectivity index (χ3n) is 3.86. The van der Waals surface area contributed by atoms with Gasteiger partial charge in [-0.2, -0.15) is 0 Å². The molecule has 2 N–H and O–H groups in total. The normalized spacial score (nSPS) is 19.8. The molecule has 1 fully saturated rings. The molecule has 0 saturated carbocycles. The summed E-state index contributed by atoms with van der Waals surface area (Å²) in [6.45, 7) is 7.18. The summed E-state index contributed by atoms with van der Waals surface area (Å²) in [6.07, 6.45) is 5.17. The molecule has 2 rings (SSSR count). The van der Waals surface area contributed by atoms with Gasteiger partial charge in [-0.05, 0) is 38.9 Å². The fourth-order valence-corrected chi connectivity index (χ4v) is 3.95.